The SMILES string of the molecule is CCC[C@@H]1[C@@H](C(=O)OCC)C(=O)NC1(C(=O)OCC)C(=O)OCC. The van der Waals surface area contributed by atoms with Gasteiger partial charge in [-0.05, 0) is 27.2 Å². The monoisotopic (exact) mass is 343 g/mol. The van der Waals surface area contributed by atoms with E-state index in [2.05, 4.69) is 5.32 Å². The van der Waals surface area contributed by atoms with Crippen LogP contribution in [0, 0.1) is 11.8 Å². The number of hydrogen-bond donors (Lipinski definition) is 1. The number of rotatable bonds is 8. The van der Waals surface area contributed by atoms with Gasteiger partial charge in [0.1, 0.15) is 5.92 Å². The van der Waals surface area contributed by atoms with E-state index < -0.39 is 41.2 Å². The van der Waals surface area contributed by atoms with E-state index in [1.54, 1.807) is 20.8 Å². The van der Waals surface area contributed by atoms with Crippen molar-refractivity contribution in [3.05, 3.63) is 0 Å². The van der Waals surface area contributed by atoms with Crippen molar-refractivity contribution in [3.63, 3.8) is 0 Å². The standard InChI is InChI=1S/C16H25NO7/c1-5-9-10-11(13(19)22-6-2)12(18)17-16(10,14(20)23-7-3)15(21)24-8-4/h10-11H,5-9H2,1-4H3,(H,17,18)/t10-,11-/m1/s1. The first kappa shape index (κ1) is 19.9. The molecule has 0 aromatic carbocycles. The van der Waals surface area contributed by atoms with Gasteiger partial charge in [-0.1, -0.05) is 13.3 Å². The number of nitrogens with one attached hydrogen (secondary N) is 1. The Morgan fingerprint density at radius 1 is 0.958 bits per heavy atom. The topological polar surface area (TPSA) is 108 Å². The van der Waals surface area contributed by atoms with E-state index in [1.807, 2.05) is 6.92 Å². The first-order chi connectivity index (χ1) is 11.4. The lowest BCUT2D eigenvalue weighted by molar-refractivity contribution is -0.169. The molecule has 0 unspecified atom stereocenters. The Morgan fingerprint density at radius 2 is 1.46 bits per heavy atom. The highest BCUT2D eigenvalue weighted by atomic mass is 16.6. The molecule has 8 heteroatoms. The minimum absolute atomic E-state index is 0.0266. The van der Waals surface area contributed by atoms with Crippen molar-refractivity contribution in [2.24, 2.45) is 11.8 Å². The maximum Gasteiger partial charge on any atom is 0.344 e. The summed E-state index contributed by atoms with van der Waals surface area (Å²) in [4.78, 5) is 49.7. The molecule has 0 aromatic rings. The fourth-order valence-corrected chi connectivity index (χ4v) is 2.97. The highest BCUT2D eigenvalue weighted by Gasteiger charge is 2.66. The maximum atomic E-state index is 12.6. The number of carbonyl (C=O) groups excluding carboxylic acids is 4. The van der Waals surface area contributed by atoms with Crippen molar-refractivity contribution in [2.75, 3.05) is 19.8 Å². The van der Waals surface area contributed by atoms with Gasteiger partial charge in [0.2, 0.25) is 11.4 Å². The van der Waals surface area contributed by atoms with Crippen LogP contribution in [0.25, 0.3) is 0 Å². The van der Waals surface area contributed by atoms with Gasteiger partial charge in [0.15, 0.2) is 0 Å². The molecule has 24 heavy (non-hydrogen) atoms. The van der Waals surface area contributed by atoms with E-state index >= 15 is 0 Å². The molecule has 0 saturated carbocycles. The molecule has 1 fully saturated rings. The molecule has 8 nitrogen and oxygen atoms in total. The summed E-state index contributed by atoms with van der Waals surface area (Å²) < 4.78 is 14.9. The van der Waals surface area contributed by atoms with Crippen molar-refractivity contribution in [2.45, 2.75) is 46.1 Å². The fourth-order valence-electron chi connectivity index (χ4n) is 2.97. The first-order valence-corrected chi connectivity index (χ1v) is 8.23. The lowest BCUT2D eigenvalue weighted by Gasteiger charge is -2.31. The predicted molar refractivity (Wildman–Crippen MR) is 82.7 cm³/mol. The van der Waals surface area contributed by atoms with Crippen LogP contribution in [0.1, 0.15) is 40.5 Å². The van der Waals surface area contributed by atoms with Crippen LogP contribution < -0.4 is 5.32 Å². The molecule has 0 aromatic heterocycles. The minimum Gasteiger partial charge on any atom is -0.465 e. The van der Waals surface area contributed by atoms with Gasteiger partial charge < -0.3 is 19.5 Å². The van der Waals surface area contributed by atoms with Gasteiger partial charge in [-0.25, -0.2) is 9.59 Å². The van der Waals surface area contributed by atoms with E-state index in [-0.39, 0.29) is 26.2 Å². The van der Waals surface area contributed by atoms with Crippen LogP contribution in [0.4, 0.5) is 0 Å². The zero-order valence-electron chi connectivity index (χ0n) is 14.5. The molecule has 0 radical (unpaired) electrons. The van der Waals surface area contributed by atoms with Gasteiger partial charge in [0.25, 0.3) is 0 Å². The van der Waals surface area contributed by atoms with Crippen LogP contribution in [0.2, 0.25) is 0 Å². The van der Waals surface area contributed by atoms with Crippen LogP contribution in [0.5, 0.6) is 0 Å². The zero-order valence-corrected chi connectivity index (χ0v) is 14.5. The normalized spacial score (nSPS) is 21.8. The molecular weight excluding hydrogens is 318 g/mol. The Kier molecular flexibility index (Phi) is 7.18. The third kappa shape index (κ3) is 3.52. The predicted octanol–water partition coefficient (Wildman–Crippen LogP) is 0.577. The average molecular weight is 343 g/mol. The second kappa shape index (κ2) is 8.65. The van der Waals surface area contributed by atoms with Crippen molar-refractivity contribution < 1.29 is 33.4 Å². The molecule has 1 heterocycles. The Morgan fingerprint density at radius 3 is 1.88 bits per heavy atom. The Bertz CT molecular complexity index is 485. The van der Waals surface area contributed by atoms with Gasteiger partial charge in [-0.2, -0.15) is 0 Å². The van der Waals surface area contributed by atoms with Crippen LogP contribution in [0.15, 0.2) is 0 Å². The van der Waals surface area contributed by atoms with Gasteiger partial charge in [0.05, 0.1) is 19.8 Å². The molecule has 2 atom stereocenters. The molecule has 136 valence electrons. The Balaban J connectivity index is 3.38. The summed E-state index contributed by atoms with van der Waals surface area (Å²) in [7, 11) is 0. The molecule has 1 amide bonds. The molecule has 1 N–H and O–H groups in total. The lowest BCUT2D eigenvalue weighted by Crippen LogP contribution is -2.61. The van der Waals surface area contributed by atoms with Crippen molar-refractivity contribution >= 4 is 23.8 Å². The summed E-state index contributed by atoms with van der Waals surface area (Å²) in [6.07, 6.45) is 0.829. The van der Waals surface area contributed by atoms with E-state index in [9.17, 15) is 19.2 Å². The summed E-state index contributed by atoms with van der Waals surface area (Å²) in [6.45, 7) is 6.76. The lowest BCUT2D eigenvalue weighted by atomic mass is 9.77. The summed E-state index contributed by atoms with van der Waals surface area (Å²) in [5, 5.41) is 2.37. The van der Waals surface area contributed by atoms with Gasteiger partial charge >= 0.3 is 17.9 Å². The number of amides is 1. The summed E-state index contributed by atoms with van der Waals surface area (Å²) in [6, 6.07) is 0. The fraction of sp³-hybridized carbons (Fsp3) is 0.750. The summed E-state index contributed by atoms with van der Waals surface area (Å²) in [5.41, 5.74) is -2.02. The number of esters is 3. The summed E-state index contributed by atoms with van der Waals surface area (Å²) >= 11 is 0. The second-order valence-electron chi connectivity index (χ2n) is 5.36. The molecule has 0 aliphatic carbocycles. The molecule has 0 spiro atoms. The molecule has 1 rings (SSSR count). The smallest absolute Gasteiger partial charge is 0.344 e. The second-order valence-corrected chi connectivity index (χ2v) is 5.36. The highest BCUT2D eigenvalue weighted by Crippen LogP contribution is 2.39. The van der Waals surface area contributed by atoms with Crippen LogP contribution in [-0.4, -0.2) is 49.2 Å². The first-order valence-electron chi connectivity index (χ1n) is 8.23. The molecule has 1 saturated heterocycles. The Hall–Kier alpha value is -2.12. The van der Waals surface area contributed by atoms with E-state index in [0.29, 0.717) is 6.42 Å². The largest absolute Gasteiger partial charge is 0.465 e. The molecule has 0 bridgehead atoms. The number of carbonyl (C=O) groups is 4. The van der Waals surface area contributed by atoms with E-state index in [0.717, 1.165) is 0 Å². The minimum atomic E-state index is -2.02. The van der Waals surface area contributed by atoms with Gasteiger partial charge in [0, 0.05) is 5.92 Å². The van der Waals surface area contributed by atoms with Crippen molar-refractivity contribution in [1.29, 1.82) is 0 Å². The Labute approximate surface area is 141 Å². The maximum absolute atomic E-state index is 12.6. The molecular formula is C16H25NO7. The highest BCUT2D eigenvalue weighted by molar-refractivity contribution is 6.14. The number of ether oxygens (including phenoxy) is 3. The van der Waals surface area contributed by atoms with Crippen LogP contribution in [0.3, 0.4) is 0 Å². The zero-order chi connectivity index (χ0) is 18.3. The third-order valence-corrected chi connectivity index (χ3v) is 3.90. The van der Waals surface area contributed by atoms with Crippen molar-refractivity contribution in [3.8, 4) is 0 Å². The van der Waals surface area contributed by atoms with Crippen molar-refractivity contribution in [1.82, 2.24) is 5.32 Å². The summed E-state index contributed by atoms with van der Waals surface area (Å²) in [5.74, 6) is -5.49. The molecule has 1 aliphatic heterocycles. The quantitative estimate of drug-likeness (QED) is 0.390. The van der Waals surface area contributed by atoms with Gasteiger partial charge in [-0.3, -0.25) is 9.59 Å². The average Bonchev–Trinajstić information content (AvgIpc) is 2.82. The molecule has 1 aliphatic rings. The third-order valence-electron chi connectivity index (χ3n) is 3.90. The van der Waals surface area contributed by atoms with E-state index in [1.165, 1.54) is 0 Å². The van der Waals surface area contributed by atoms with Crippen LogP contribution >= 0.6 is 0 Å². The number of hydrogen-bond acceptors (Lipinski definition) is 7. The van der Waals surface area contributed by atoms with E-state index in [4.69, 9.17) is 14.2 Å². The van der Waals surface area contributed by atoms with Crippen LogP contribution in [-0.2, 0) is 33.4 Å². The van der Waals surface area contributed by atoms with Gasteiger partial charge in [-0.15, -0.1) is 0 Å².